The Morgan fingerprint density at radius 2 is 2.53 bits per heavy atom. The molecule has 1 N–H and O–H groups in total. The van der Waals surface area contributed by atoms with Gasteiger partial charge in [-0.2, -0.15) is 0 Å². The lowest BCUT2D eigenvalue weighted by atomic mass is 10.0. The zero-order chi connectivity index (χ0) is 10.7. The topological polar surface area (TPSA) is 34.2 Å². The Labute approximate surface area is 94.8 Å². The molecule has 82 valence electrons. The lowest BCUT2D eigenvalue weighted by Gasteiger charge is -2.23. The summed E-state index contributed by atoms with van der Waals surface area (Å²) in [7, 11) is 0. The number of halogens is 1. The fourth-order valence-electron chi connectivity index (χ4n) is 1.66. The van der Waals surface area contributed by atoms with Gasteiger partial charge in [-0.1, -0.05) is 11.6 Å². The fraction of sp³-hybridized carbons (Fsp3) is 0.545. The van der Waals surface area contributed by atoms with Crippen molar-refractivity contribution in [2.75, 3.05) is 13.2 Å². The second-order valence-electron chi connectivity index (χ2n) is 4.18. The van der Waals surface area contributed by atoms with Gasteiger partial charge in [-0.25, -0.2) is 0 Å². The molecule has 0 amide bonds. The molecule has 1 aliphatic heterocycles. The average Bonchev–Trinajstić information content (AvgIpc) is 2.65. The van der Waals surface area contributed by atoms with Gasteiger partial charge in [0, 0.05) is 31.1 Å². The summed E-state index contributed by atoms with van der Waals surface area (Å²) in [5, 5.41) is 4.19. The van der Waals surface area contributed by atoms with E-state index < -0.39 is 0 Å². The van der Waals surface area contributed by atoms with Gasteiger partial charge in [0.15, 0.2) is 0 Å². The first-order valence-electron chi connectivity index (χ1n) is 5.11. The molecule has 1 atom stereocenters. The Balaban J connectivity index is 1.95. The van der Waals surface area contributed by atoms with Crippen LogP contribution in [0.4, 0.5) is 0 Å². The van der Waals surface area contributed by atoms with Gasteiger partial charge in [0.2, 0.25) is 0 Å². The quantitative estimate of drug-likeness (QED) is 0.856. The lowest BCUT2D eigenvalue weighted by molar-refractivity contribution is 0.171. The molecule has 3 nitrogen and oxygen atoms in total. The van der Waals surface area contributed by atoms with Crippen LogP contribution in [0.15, 0.2) is 18.5 Å². The molecule has 0 bridgehead atoms. The van der Waals surface area contributed by atoms with Crippen LogP contribution in [0.3, 0.4) is 0 Å². The first-order chi connectivity index (χ1) is 7.20. The molecule has 0 aliphatic carbocycles. The van der Waals surface area contributed by atoms with Crippen molar-refractivity contribution in [3.8, 4) is 0 Å². The predicted octanol–water partition coefficient (Wildman–Crippen LogP) is 2.00. The fourth-order valence-corrected chi connectivity index (χ4v) is 1.85. The highest BCUT2D eigenvalue weighted by molar-refractivity contribution is 6.31. The minimum absolute atomic E-state index is 0.0899. The van der Waals surface area contributed by atoms with Gasteiger partial charge < -0.3 is 10.1 Å². The van der Waals surface area contributed by atoms with Crippen LogP contribution in [-0.2, 0) is 11.3 Å². The van der Waals surface area contributed by atoms with Crippen LogP contribution in [0, 0.1) is 0 Å². The van der Waals surface area contributed by atoms with Crippen molar-refractivity contribution >= 4 is 11.6 Å². The summed E-state index contributed by atoms with van der Waals surface area (Å²) in [5.74, 6) is 0. The van der Waals surface area contributed by atoms with Crippen LogP contribution >= 0.6 is 11.6 Å². The van der Waals surface area contributed by atoms with Gasteiger partial charge in [-0.15, -0.1) is 0 Å². The highest BCUT2D eigenvalue weighted by Crippen LogP contribution is 2.20. The van der Waals surface area contributed by atoms with E-state index >= 15 is 0 Å². The molecule has 1 fully saturated rings. The second kappa shape index (κ2) is 4.47. The van der Waals surface area contributed by atoms with Crippen LogP contribution in [-0.4, -0.2) is 23.7 Å². The van der Waals surface area contributed by atoms with E-state index in [1.807, 2.05) is 6.07 Å². The molecule has 2 heterocycles. The third-order valence-electron chi connectivity index (χ3n) is 2.78. The van der Waals surface area contributed by atoms with E-state index in [-0.39, 0.29) is 5.54 Å². The Bertz CT molecular complexity index is 337. The number of nitrogens with one attached hydrogen (secondary N) is 1. The molecule has 2 rings (SSSR count). The van der Waals surface area contributed by atoms with Crippen LogP contribution in [0.1, 0.15) is 18.9 Å². The highest BCUT2D eigenvalue weighted by atomic mass is 35.5. The second-order valence-corrected chi connectivity index (χ2v) is 4.59. The maximum absolute atomic E-state index is 6.02. The lowest BCUT2D eigenvalue weighted by Crippen LogP contribution is -2.42. The molecule has 0 saturated carbocycles. The molecule has 1 aromatic heterocycles. The van der Waals surface area contributed by atoms with Crippen molar-refractivity contribution in [1.82, 2.24) is 10.3 Å². The maximum atomic E-state index is 6.02. The monoisotopic (exact) mass is 226 g/mol. The van der Waals surface area contributed by atoms with Crippen molar-refractivity contribution in [2.24, 2.45) is 0 Å². The summed E-state index contributed by atoms with van der Waals surface area (Å²) in [5.41, 5.74) is 1.17. The Kier molecular flexibility index (Phi) is 3.24. The molecule has 0 aromatic carbocycles. The predicted molar refractivity (Wildman–Crippen MR) is 59.9 cm³/mol. The Morgan fingerprint density at radius 1 is 1.67 bits per heavy atom. The van der Waals surface area contributed by atoms with E-state index in [2.05, 4.69) is 17.2 Å². The molecule has 1 unspecified atom stereocenters. The molecular weight excluding hydrogens is 212 g/mol. The number of hydrogen-bond acceptors (Lipinski definition) is 3. The number of aromatic nitrogens is 1. The third kappa shape index (κ3) is 2.68. The molecular formula is C11H15ClN2O. The summed E-state index contributed by atoms with van der Waals surface area (Å²) in [4.78, 5) is 3.96. The van der Waals surface area contributed by atoms with Crippen LogP contribution in [0.2, 0.25) is 5.02 Å². The maximum Gasteiger partial charge on any atom is 0.0646 e. The van der Waals surface area contributed by atoms with E-state index in [0.717, 1.165) is 31.7 Å². The van der Waals surface area contributed by atoms with Gasteiger partial charge in [0.1, 0.15) is 0 Å². The smallest absolute Gasteiger partial charge is 0.0646 e. The van der Waals surface area contributed by atoms with E-state index in [9.17, 15) is 0 Å². The summed E-state index contributed by atoms with van der Waals surface area (Å²) >= 11 is 6.02. The van der Waals surface area contributed by atoms with Crippen molar-refractivity contribution in [3.05, 3.63) is 29.0 Å². The highest BCUT2D eigenvalue weighted by Gasteiger charge is 2.28. The Hall–Kier alpha value is -0.640. The number of pyridine rings is 1. The van der Waals surface area contributed by atoms with Crippen molar-refractivity contribution < 1.29 is 4.74 Å². The molecule has 1 aromatic rings. The largest absolute Gasteiger partial charge is 0.379 e. The van der Waals surface area contributed by atoms with Crippen LogP contribution in [0.25, 0.3) is 0 Å². The Morgan fingerprint density at radius 3 is 3.20 bits per heavy atom. The van der Waals surface area contributed by atoms with Crippen molar-refractivity contribution in [3.63, 3.8) is 0 Å². The van der Waals surface area contributed by atoms with E-state index in [0.29, 0.717) is 5.02 Å². The SMILES string of the molecule is CC1(NCc2ccncc2Cl)CCOC1. The van der Waals surface area contributed by atoms with Crippen LogP contribution < -0.4 is 5.32 Å². The van der Waals surface area contributed by atoms with E-state index in [4.69, 9.17) is 16.3 Å². The van der Waals surface area contributed by atoms with Gasteiger partial charge in [0.25, 0.3) is 0 Å². The zero-order valence-corrected chi connectivity index (χ0v) is 9.55. The minimum atomic E-state index is 0.0899. The molecule has 1 aliphatic rings. The first-order valence-corrected chi connectivity index (χ1v) is 5.49. The van der Waals surface area contributed by atoms with Gasteiger partial charge >= 0.3 is 0 Å². The minimum Gasteiger partial charge on any atom is -0.379 e. The number of ether oxygens (including phenoxy) is 1. The average molecular weight is 227 g/mol. The third-order valence-corrected chi connectivity index (χ3v) is 3.12. The van der Waals surface area contributed by atoms with E-state index in [1.165, 1.54) is 0 Å². The van der Waals surface area contributed by atoms with Crippen molar-refractivity contribution in [2.45, 2.75) is 25.4 Å². The summed E-state index contributed by atoms with van der Waals surface area (Å²) in [6, 6.07) is 1.94. The number of hydrogen-bond donors (Lipinski definition) is 1. The van der Waals surface area contributed by atoms with E-state index in [1.54, 1.807) is 12.4 Å². The van der Waals surface area contributed by atoms with Gasteiger partial charge in [-0.3, -0.25) is 4.98 Å². The summed E-state index contributed by atoms with van der Waals surface area (Å²) < 4.78 is 5.37. The van der Waals surface area contributed by atoms with Crippen LogP contribution in [0.5, 0.6) is 0 Å². The summed E-state index contributed by atoms with van der Waals surface area (Å²) in [6.07, 6.45) is 4.48. The molecule has 0 radical (unpaired) electrons. The first kappa shape index (κ1) is 10.9. The molecule has 0 spiro atoms. The van der Waals surface area contributed by atoms with Gasteiger partial charge in [-0.05, 0) is 25.0 Å². The molecule has 1 saturated heterocycles. The normalized spacial score (nSPS) is 25.7. The van der Waals surface area contributed by atoms with Crippen molar-refractivity contribution in [1.29, 1.82) is 0 Å². The molecule has 15 heavy (non-hydrogen) atoms. The standard InChI is InChI=1S/C11H15ClN2O/c1-11(3-5-15-8-11)14-6-9-2-4-13-7-10(9)12/h2,4,7,14H,3,5-6,8H2,1H3. The summed E-state index contributed by atoms with van der Waals surface area (Å²) in [6.45, 7) is 4.56. The van der Waals surface area contributed by atoms with Gasteiger partial charge in [0.05, 0.1) is 11.6 Å². The number of nitrogens with zero attached hydrogens (tertiary/aromatic N) is 1. The number of rotatable bonds is 3. The molecule has 4 heteroatoms. The zero-order valence-electron chi connectivity index (χ0n) is 8.79.